The lowest BCUT2D eigenvalue weighted by molar-refractivity contribution is 0.00381. The number of morpholine rings is 1. The Morgan fingerprint density at radius 1 is 1.61 bits per heavy atom. The molecule has 1 atom stereocenters. The van der Waals surface area contributed by atoms with E-state index in [0.717, 1.165) is 15.5 Å². The summed E-state index contributed by atoms with van der Waals surface area (Å²) in [7, 11) is 0. The lowest BCUT2D eigenvalue weighted by Gasteiger charge is -2.33. The summed E-state index contributed by atoms with van der Waals surface area (Å²) >= 11 is 1.45. The van der Waals surface area contributed by atoms with Gasteiger partial charge in [0, 0.05) is 24.6 Å². The van der Waals surface area contributed by atoms with Crippen LogP contribution < -0.4 is 0 Å². The number of hydrogen-bond acceptors (Lipinski definition) is 4. The molecule has 1 fully saturated rings. The maximum atomic E-state index is 12.5. The minimum Gasteiger partial charge on any atom is -0.377 e. The number of rotatable bonds is 1. The second-order valence-corrected chi connectivity index (χ2v) is 5.50. The number of nitrogens with zero attached hydrogens (tertiary/aromatic N) is 3. The Bertz CT molecular complexity index is 589. The monoisotopic (exact) mass is 265 g/mol. The van der Waals surface area contributed by atoms with E-state index in [4.69, 9.17) is 4.74 Å². The molecule has 96 valence electrons. The summed E-state index contributed by atoms with van der Waals surface area (Å²) in [5.74, 6) is 0.0961. The van der Waals surface area contributed by atoms with Crippen molar-refractivity contribution >= 4 is 22.2 Å². The molecule has 1 aliphatic heterocycles. The molecule has 0 unspecified atom stereocenters. The first-order valence-corrected chi connectivity index (χ1v) is 6.81. The molecule has 1 amide bonds. The Balaban J connectivity index is 1.95. The third-order valence-corrected chi connectivity index (χ3v) is 4.47. The Morgan fingerprint density at radius 3 is 3.17 bits per heavy atom. The van der Waals surface area contributed by atoms with Crippen LogP contribution in [0.1, 0.15) is 22.3 Å². The quantitative estimate of drug-likeness (QED) is 0.786. The van der Waals surface area contributed by atoms with Gasteiger partial charge < -0.3 is 9.64 Å². The van der Waals surface area contributed by atoms with Gasteiger partial charge in [0.05, 0.1) is 19.3 Å². The molecule has 0 spiro atoms. The topological polar surface area (TPSA) is 46.8 Å². The summed E-state index contributed by atoms with van der Waals surface area (Å²) in [6.45, 7) is 5.89. The minimum atomic E-state index is 0.0961. The van der Waals surface area contributed by atoms with E-state index in [1.165, 1.54) is 11.3 Å². The van der Waals surface area contributed by atoms with Crippen molar-refractivity contribution in [1.29, 1.82) is 0 Å². The van der Waals surface area contributed by atoms with Crippen LogP contribution in [0, 0.1) is 6.92 Å². The van der Waals surface area contributed by atoms with Gasteiger partial charge in [0.25, 0.3) is 5.91 Å². The van der Waals surface area contributed by atoms with Crippen LogP contribution in [0.3, 0.4) is 0 Å². The normalized spacial score (nSPS) is 20.6. The molecule has 5 nitrogen and oxygen atoms in total. The molecule has 0 aliphatic carbocycles. The molecule has 0 radical (unpaired) electrons. The van der Waals surface area contributed by atoms with Gasteiger partial charge in [-0.05, 0) is 13.8 Å². The molecule has 2 aromatic heterocycles. The first kappa shape index (κ1) is 11.7. The second-order valence-electron chi connectivity index (χ2n) is 4.52. The lowest BCUT2D eigenvalue weighted by atomic mass is 10.2. The fraction of sp³-hybridized carbons (Fsp3) is 0.500. The molecule has 1 saturated heterocycles. The van der Waals surface area contributed by atoms with Gasteiger partial charge in [-0.1, -0.05) is 11.3 Å². The van der Waals surface area contributed by atoms with Crippen molar-refractivity contribution < 1.29 is 9.53 Å². The van der Waals surface area contributed by atoms with Gasteiger partial charge in [-0.15, -0.1) is 0 Å². The molecule has 2 aromatic rings. The van der Waals surface area contributed by atoms with Gasteiger partial charge >= 0.3 is 0 Å². The average molecular weight is 265 g/mol. The van der Waals surface area contributed by atoms with Gasteiger partial charge in [0.2, 0.25) is 0 Å². The van der Waals surface area contributed by atoms with Crippen molar-refractivity contribution in [3.05, 3.63) is 23.0 Å². The Hall–Kier alpha value is -1.40. The summed E-state index contributed by atoms with van der Waals surface area (Å²) in [6.07, 6.45) is 3.64. The van der Waals surface area contributed by atoms with Crippen LogP contribution >= 0.6 is 11.3 Å². The van der Waals surface area contributed by atoms with Crippen LogP contribution in [-0.4, -0.2) is 46.0 Å². The number of thiazole rings is 1. The van der Waals surface area contributed by atoms with E-state index in [2.05, 4.69) is 4.98 Å². The first-order valence-electron chi connectivity index (χ1n) is 5.99. The maximum absolute atomic E-state index is 12.5. The van der Waals surface area contributed by atoms with Gasteiger partial charge in [-0.25, -0.2) is 4.98 Å². The van der Waals surface area contributed by atoms with E-state index < -0.39 is 0 Å². The number of aromatic nitrogens is 2. The largest absolute Gasteiger partial charge is 0.377 e. The number of hydrogen-bond donors (Lipinski definition) is 0. The molecule has 3 heterocycles. The highest BCUT2D eigenvalue weighted by Crippen LogP contribution is 2.24. The van der Waals surface area contributed by atoms with Gasteiger partial charge in [-0.3, -0.25) is 9.20 Å². The first-order chi connectivity index (χ1) is 8.68. The predicted octanol–water partition coefficient (Wildman–Crippen LogP) is 1.57. The van der Waals surface area contributed by atoms with Crippen molar-refractivity contribution in [2.45, 2.75) is 19.9 Å². The van der Waals surface area contributed by atoms with E-state index in [1.807, 2.05) is 29.3 Å². The molecule has 0 bridgehead atoms. The van der Waals surface area contributed by atoms with Crippen molar-refractivity contribution in [2.75, 3.05) is 19.8 Å². The fourth-order valence-electron chi connectivity index (χ4n) is 2.25. The zero-order valence-corrected chi connectivity index (χ0v) is 11.2. The Morgan fingerprint density at radius 2 is 2.44 bits per heavy atom. The van der Waals surface area contributed by atoms with Gasteiger partial charge in [0.1, 0.15) is 4.88 Å². The van der Waals surface area contributed by atoms with E-state index in [-0.39, 0.29) is 11.9 Å². The Labute approximate surface area is 109 Å². The minimum absolute atomic E-state index is 0.0961. The molecule has 0 aromatic carbocycles. The van der Waals surface area contributed by atoms with Crippen molar-refractivity contribution in [2.24, 2.45) is 0 Å². The zero-order chi connectivity index (χ0) is 12.7. The lowest BCUT2D eigenvalue weighted by Crippen LogP contribution is -2.47. The molecule has 0 saturated carbocycles. The molecular formula is C12H15N3O2S. The van der Waals surface area contributed by atoms with Crippen LogP contribution in [0.4, 0.5) is 0 Å². The van der Waals surface area contributed by atoms with E-state index >= 15 is 0 Å². The van der Waals surface area contributed by atoms with Crippen LogP contribution in [-0.2, 0) is 4.74 Å². The molecule has 1 aliphatic rings. The number of amides is 1. The van der Waals surface area contributed by atoms with Crippen molar-refractivity contribution in [3.63, 3.8) is 0 Å². The smallest absolute Gasteiger partial charge is 0.266 e. The summed E-state index contributed by atoms with van der Waals surface area (Å²) in [5, 5.41) is 0. The predicted molar refractivity (Wildman–Crippen MR) is 69.1 cm³/mol. The summed E-state index contributed by atoms with van der Waals surface area (Å²) in [5.41, 5.74) is 0.969. The fourth-order valence-corrected chi connectivity index (χ4v) is 3.30. The molecule has 3 rings (SSSR count). The van der Waals surface area contributed by atoms with Crippen LogP contribution in [0.25, 0.3) is 4.96 Å². The third kappa shape index (κ3) is 1.72. The molecule has 6 heteroatoms. The van der Waals surface area contributed by atoms with E-state index in [1.54, 1.807) is 6.20 Å². The number of fused-ring (bicyclic) bond motifs is 1. The van der Waals surface area contributed by atoms with Crippen molar-refractivity contribution in [1.82, 2.24) is 14.3 Å². The van der Waals surface area contributed by atoms with Gasteiger partial charge in [0.15, 0.2) is 4.96 Å². The van der Waals surface area contributed by atoms with Crippen LogP contribution in [0.15, 0.2) is 12.4 Å². The second kappa shape index (κ2) is 4.37. The zero-order valence-electron chi connectivity index (χ0n) is 10.4. The van der Waals surface area contributed by atoms with Crippen LogP contribution in [0.5, 0.6) is 0 Å². The van der Waals surface area contributed by atoms with E-state index in [0.29, 0.717) is 19.8 Å². The number of ether oxygens (including phenoxy) is 1. The van der Waals surface area contributed by atoms with Crippen molar-refractivity contribution in [3.8, 4) is 0 Å². The molecular weight excluding hydrogens is 250 g/mol. The number of carbonyl (C=O) groups is 1. The summed E-state index contributed by atoms with van der Waals surface area (Å²) in [6, 6.07) is 0.139. The number of aryl methyl sites for hydroxylation is 1. The average Bonchev–Trinajstić information content (AvgIpc) is 2.93. The van der Waals surface area contributed by atoms with Crippen LogP contribution in [0.2, 0.25) is 0 Å². The SMILES string of the molecule is Cc1c(C(=O)N2CCOC[C@H]2C)sc2nccn12. The molecule has 0 N–H and O–H groups in total. The summed E-state index contributed by atoms with van der Waals surface area (Å²) < 4.78 is 7.33. The highest BCUT2D eigenvalue weighted by Gasteiger charge is 2.27. The highest BCUT2D eigenvalue weighted by molar-refractivity contribution is 7.19. The molecule has 18 heavy (non-hydrogen) atoms. The number of carbonyl (C=O) groups excluding carboxylic acids is 1. The van der Waals surface area contributed by atoms with Gasteiger partial charge in [-0.2, -0.15) is 0 Å². The summed E-state index contributed by atoms with van der Waals surface area (Å²) in [4.78, 5) is 20.3. The maximum Gasteiger partial charge on any atom is 0.266 e. The standard InChI is InChI=1S/C12H15N3O2S/c1-8-7-17-6-5-14(8)11(16)10-9(2)15-4-3-13-12(15)18-10/h3-4,8H,5-7H2,1-2H3/t8-/m1/s1. The third-order valence-electron chi connectivity index (χ3n) is 3.31. The highest BCUT2D eigenvalue weighted by atomic mass is 32.1. The Kier molecular flexibility index (Phi) is 2.83. The number of imidazole rings is 1. The van der Waals surface area contributed by atoms with E-state index in [9.17, 15) is 4.79 Å².